The van der Waals surface area contributed by atoms with E-state index in [1.807, 2.05) is 0 Å². The van der Waals surface area contributed by atoms with Gasteiger partial charge in [0, 0.05) is 18.8 Å². The Labute approximate surface area is 119 Å². The van der Waals surface area contributed by atoms with Gasteiger partial charge in [0.2, 0.25) is 10.0 Å². The van der Waals surface area contributed by atoms with Crippen molar-refractivity contribution in [2.75, 3.05) is 18.8 Å². The Morgan fingerprint density at radius 1 is 1.32 bits per heavy atom. The highest BCUT2D eigenvalue weighted by Crippen LogP contribution is 2.31. The lowest BCUT2D eigenvalue weighted by atomic mass is 9.90. The van der Waals surface area contributed by atoms with E-state index in [4.69, 9.17) is 17.3 Å². The van der Waals surface area contributed by atoms with Crippen LogP contribution in [0.4, 0.5) is 5.69 Å². The smallest absolute Gasteiger partial charge is 0.244 e. The Kier molecular flexibility index (Phi) is 4.08. The van der Waals surface area contributed by atoms with Crippen LogP contribution in [-0.2, 0) is 10.0 Å². The second-order valence-corrected chi connectivity index (χ2v) is 7.61. The summed E-state index contributed by atoms with van der Waals surface area (Å²) in [6.45, 7) is 5.31. The molecule has 0 bridgehead atoms. The van der Waals surface area contributed by atoms with Gasteiger partial charge in [0.1, 0.15) is 4.90 Å². The van der Waals surface area contributed by atoms with Crippen LogP contribution < -0.4 is 5.73 Å². The molecule has 4 nitrogen and oxygen atoms in total. The average molecular weight is 303 g/mol. The molecule has 0 aliphatic carbocycles. The summed E-state index contributed by atoms with van der Waals surface area (Å²) in [5.74, 6) is 0.895. The van der Waals surface area contributed by atoms with Crippen LogP contribution in [0.25, 0.3) is 0 Å². The SMILES string of the molecule is CC1CCN(S(=O)(=O)c2cc(N)ccc2Cl)CC1C. The minimum Gasteiger partial charge on any atom is -0.399 e. The second kappa shape index (κ2) is 5.31. The second-order valence-electron chi connectivity index (χ2n) is 5.30. The minimum atomic E-state index is -3.55. The molecule has 1 aromatic carbocycles. The summed E-state index contributed by atoms with van der Waals surface area (Å²) in [5, 5.41) is 0.223. The van der Waals surface area contributed by atoms with Crippen molar-refractivity contribution in [3.05, 3.63) is 23.2 Å². The van der Waals surface area contributed by atoms with E-state index in [1.165, 1.54) is 16.4 Å². The van der Waals surface area contributed by atoms with Crippen molar-refractivity contribution < 1.29 is 8.42 Å². The Bertz CT molecular complexity index is 574. The summed E-state index contributed by atoms with van der Waals surface area (Å²) >= 11 is 6.00. The van der Waals surface area contributed by atoms with Crippen LogP contribution in [0.15, 0.2) is 23.1 Å². The molecule has 2 atom stereocenters. The molecule has 6 heteroatoms. The fourth-order valence-corrected chi connectivity index (χ4v) is 4.36. The van der Waals surface area contributed by atoms with E-state index in [9.17, 15) is 8.42 Å². The number of piperidine rings is 1. The largest absolute Gasteiger partial charge is 0.399 e. The first-order valence-electron chi connectivity index (χ1n) is 6.37. The number of hydrogen-bond acceptors (Lipinski definition) is 3. The Balaban J connectivity index is 2.35. The van der Waals surface area contributed by atoms with Crippen LogP contribution in [0.5, 0.6) is 0 Å². The summed E-state index contributed by atoms with van der Waals surface area (Å²) in [4.78, 5) is 0.107. The molecule has 0 amide bonds. The van der Waals surface area contributed by atoms with Crippen LogP contribution in [0, 0.1) is 11.8 Å². The van der Waals surface area contributed by atoms with Gasteiger partial charge in [-0.05, 0) is 36.5 Å². The standard InChI is InChI=1S/C13H19ClN2O2S/c1-9-5-6-16(8-10(9)2)19(17,18)13-7-11(15)3-4-12(13)14/h3-4,7,9-10H,5-6,8,15H2,1-2H3. The van der Waals surface area contributed by atoms with Crippen molar-refractivity contribution in [1.29, 1.82) is 0 Å². The number of sulfonamides is 1. The summed E-state index contributed by atoms with van der Waals surface area (Å²) in [6, 6.07) is 4.56. The molecule has 0 aromatic heterocycles. The highest BCUT2D eigenvalue weighted by Gasteiger charge is 2.32. The first kappa shape index (κ1) is 14.6. The molecule has 1 fully saturated rings. The van der Waals surface area contributed by atoms with Crippen LogP contribution in [-0.4, -0.2) is 25.8 Å². The number of nitrogens with two attached hydrogens (primary N) is 1. The van der Waals surface area contributed by atoms with Gasteiger partial charge in [-0.15, -0.1) is 0 Å². The molecular formula is C13H19ClN2O2S. The summed E-state index contributed by atoms with van der Waals surface area (Å²) in [7, 11) is -3.55. The van der Waals surface area contributed by atoms with Crippen LogP contribution in [0.1, 0.15) is 20.3 Å². The highest BCUT2D eigenvalue weighted by molar-refractivity contribution is 7.89. The predicted octanol–water partition coefficient (Wildman–Crippen LogP) is 2.59. The van der Waals surface area contributed by atoms with E-state index >= 15 is 0 Å². The van der Waals surface area contributed by atoms with E-state index in [0.717, 1.165) is 6.42 Å². The van der Waals surface area contributed by atoms with E-state index in [2.05, 4.69) is 13.8 Å². The maximum absolute atomic E-state index is 12.6. The number of benzene rings is 1. The van der Waals surface area contributed by atoms with E-state index < -0.39 is 10.0 Å². The molecule has 0 saturated carbocycles. The van der Waals surface area contributed by atoms with Crippen molar-refractivity contribution >= 4 is 27.3 Å². The van der Waals surface area contributed by atoms with Gasteiger partial charge in [-0.3, -0.25) is 0 Å². The maximum atomic E-state index is 12.6. The van der Waals surface area contributed by atoms with Crippen LogP contribution >= 0.6 is 11.6 Å². The van der Waals surface area contributed by atoms with Gasteiger partial charge in [0.25, 0.3) is 0 Å². The summed E-state index contributed by atoms with van der Waals surface area (Å²) < 4.78 is 26.7. The fraction of sp³-hybridized carbons (Fsp3) is 0.538. The zero-order valence-electron chi connectivity index (χ0n) is 11.1. The van der Waals surface area contributed by atoms with Crippen molar-refractivity contribution in [1.82, 2.24) is 4.31 Å². The quantitative estimate of drug-likeness (QED) is 0.854. The van der Waals surface area contributed by atoms with Gasteiger partial charge in [0.15, 0.2) is 0 Å². The lowest BCUT2D eigenvalue weighted by Crippen LogP contribution is -2.42. The first-order chi connectivity index (χ1) is 8.82. The van der Waals surface area contributed by atoms with E-state index in [-0.39, 0.29) is 9.92 Å². The number of nitrogens with zero attached hydrogens (tertiary/aromatic N) is 1. The van der Waals surface area contributed by atoms with Gasteiger partial charge < -0.3 is 5.73 Å². The first-order valence-corrected chi connectivity index (χ1v) is 8.19. The topological polar surface area (TPSA) is 63.4 Å². The van der Waals surface area contributed by atoms with E-state index in [0.29, 0.717) is 30.6 Å². The van der Waals surface area contributed by atoms with Gasteiger partial charge in [0.05, 0.1) is 5.02 Å². The lowest BCUT2D eigenvalue weighted by Gasteiger charge is -2.34. The Morgan fingerprint density at radius 3 is 2.63 bits per heavy atom. The zero-order chi connectivity index (χ0) is 14.2. The number of rotatable bonds is 2. The number of halogens is 1. The van der Waals surface area contributed by atoms with Gasteiger partial charge >= 0.3 is 0 Å². The monoisotopic (exact) mass is 302 g/mol. The minimum absolute atomic E-state index is 0.107. The predicted molar refractivity (Wildman–Crippen MR) is 77.6 cm³/mol. The Hall–Kier alpha value is -0.780. The van der Waals surface area contributed by atoms with Crippen molar-refractivity contribution in [3.8, 4) is 0 Å². The molecule has 2 unspecified atom stereocenters. The lowest BCUT2D eigenvalue weighted by molar-refractivity contribution is 0.212. The summed E-state index contributed by atoms with van der Waals surface area (Å²) in [6.07, 6.45) is 0.875. The molecular weight excluding hydrogens is 284 g/mol. The number of anilines is 1. The molecule has 1 saturated heterocycles. The van der Waals surface area contributed by atoms with E-state index in [1.54, 1.807) is 6.07 Å². The van der Waals surface area contributed by atoms with Gasteiger partial charge in [-0.25, -0.2) is 8.42 Å². The molecule has 0 spiro atoms. The van der Waals surface area contributed by atoms with Crippen molar-refractivity contribution in [2.45, 2.75) is 25.2 Å². The third kappa shape index (κ3) is 2.88. The molecule has 1 aliphatic rings. The molecule has 1 aromatic rings. The van der Waals surface area contributed by atoms with Crippen LogP contribution in [0.2, 0.25) is 5.02 Å². The van der Waals surface area contributed by atoms with Gasteiger partial charge in [-0.1, -0.05) is 25.4 Å². The van der Waals surface area contributed by atoms with Crippen molar-refractivity contribution in [2.24, 2.45) is 11.8 Å². The molecule has 1 aliphatic heterocycles. The molecule has 1 heterocycles. The molecule has 0 radical (unpaired) electrons. The molecule has 2 N–H and O–H groups in total. The maximum Gasteiger partial charge on any atom is 0.244 e. The van der Waals surface area contributed by atoms with Gasteiger partial charge in [-0.2, -0.15) is 4.31 Å². The molecule has 19 heavy (non-hydrogen) atoms. The molecule has 106 valence electrons. The Morgan fingerprint density at radius 2 is 2.00 bits per heavy atom. The van der Waals surface area contributed by atoms with Crippen molar-refractivity contribution in [3.63, 3.8) is 0 Å². The number of nitrogen functional groups attached to an aromatic ring is 1. The van der Waals surface area contributed by atoms with Crippen LogP contribution in [0.3, 0.4) is 0 Å². The third-order valence-electron chi connectivity index (χ3n) is 3.87. The fourth-order valence-electron chi connectivity index (χ4n) is 2.30. The third-order valence-corrected chi connectivity index (χ3v) is 6.22. The summed E-state index contributed by atoms with van der Waals surface area (Å²) in [5.41, 5.74) is 6.07. The highest BCUT2D eigenvalue weighted by atomic mass is 35.5. The average Bonchev–Trinajstić information content (AvgIpc) is 2.35. The zero-order valence-corrected chi connectivity index (χ0v) is 12.7. The molecule has 2 rings (SSSR count). The normalized spacial score (nSPS) is 25.4. The number of hydrogen-bond donors (Lipinski definition) is 1.